The highest BCUT2D eigenvalue weighted by molar-refractivity contribution is 9.10. The Morgan fingerprint density at radius 1 is 1.64 bits per heavy atom. The Balaban J connectivity index is 2.77. The predicted octanol–water partition coefficient (Wildman–Crippen LogP) is 2.10. The topological polar surface area (TPSA) is 54.6 Å². The van der Waals surface area contributed by atoms with Gasteiger partial charge in [0.1, 0.15) is 5.65 Å². The van der Waals surface area contributed by atoms with Gasteiger partial charge >= 0.3 is 5.97 Å². The first-order chi connectivity index (χ1) is 6.59. The molecule has 0 atom stereocenters. The smallest absolute Gasteiger partial charge is 0.337 e. The third kappa shape index (κ3) is 1.29. The van der Waals surface area contributed by atoms with E-state index in [-0.39, 0.29) is 5.56 Å². The summed E-state index contributed by atoms with van der Waals surface area (Å²) in [5.74, 6) is -0.939. The van der Waals surface area contributed by atoms with Crippen molar-refractivity contribution in [2.45, 2.75) is 6.92 Å². The Kier molecular flexibility index (Phi) is 2.03. The van der Waals surface area contributed by atoms with Gasteiger partial charge in [0.05, 0.1) is 10.0 Å². The summed E-state index contributed by atoms with van der Waals surface area (Å²) in [5, 5.41) is 8.79. The van der Waals surface area contributed by atoms with Gasteiger partial charge in [0.25, 0.3) is 0 Å². The number of carbonyl (C=O) groups is 1. The molecule has 2 aromatic heterocycles. The summed E-state index contributed by atoms with van der Waals surface area (Å²) < 4.78 is 2.60. The summed E-state index contributed by atoms with van der Waals surface area (Å²) in [6.07, 6.45) is 3.22. The largest absolute Gasteiger partial charge is 0.478 e. The van der Waals surface area contributed by atoms with E-state index in [4.69, 9.17) is 5.11 Å². The molecular formula is C9H7BrN2O2. The number of carboxylic acid groups (broad SMARTS) is 1. The molecule has 0 aliphatic heterocycles. The monoisotopic (exact) mass is 254 g/mol. The number of hydrogen-bond acceptors (Lipinski definition) is 2. The molecule has 2 rings (SSSR count). The van der Waals surface area contributed by atoms with Crippen molar-refractivity contribution in [3.8, 4) is 0 Å². The zero-order valence-electron chi connectivity index (χ0n) is 7.36. The molecule has 14 heavy (non-hydrogen) atoms. The Hall–Kier alpha value is -1.36. The van der Waals surface area contributed by atoms with E-state index >= 15 is 0 Å². The van der Waals surface area contributed by atoms with Crippen LogP contribution in [0, 0.1) is 6.92 Å². The fourth-order valence-corrected chi connectivity index (χ4v) is 1.56. The maximum Gasteiger partial charge on any atom is 0.337 e. The molecule has 0 aliphatic carbocycles. The first-order valence-electron chi connectivity index (χ1n) is 3.96. The number of aromatic carboxylic acids is 1. The second kappa shape index (κ2) is 3.09. The van der Waals surface area contributed by atoms with E-state index in [9.17, 15) is 4.79 Å². The Bertz CT molecular complexity index is 519. The van der Waals surface area contributed by atoms with E-state index in [0.717, 1.165) is 10.2 Å². The maximum absolute atomic E-state index is 10.7. The average molecular weight is 255 g/mol. The first-order valence-corrected chi connectivity index (χ1v) is 4.75. The molecule has 0 amide bonds. The first kappa shape index (κ1) is 9.21. The highest BCUT2D eigenvalue weighted by Crippen LogP contribution is 2.17. The van der Waals surface area contributed by atoms with Gasteiger partial charge < -0.3 is 9.51 Å². The molecule has 0 fully saturated rings. The molecule has 1 N–H and O–H groups in total. The molecule has 72 valence electrons. The second-order valence-electron chi connectivity index (χ2n) is 2.95. The minimum Gasteiger partial charge on any atom is -0.478 e. The van der Waals surface area contributed by atoms with Crippen molar-refractivity contribution in [1.82, 2.24) is 9.38 Å². The average Bonchev–Trinajstić information content (AvgIpc) is 2.56. The van der Waals surface area contributed by atoms with Crippen LogP contribution in [0.5, 0.6) is 0 Å². The number of carboxylic acids is 1. The van der Waals surface area contributed by atoms with Crippen LogP contribution in [0.1, 0.15) is 16.1 Å². The van der Waals surface area contributed by atoms with E-state index < -0.39 is 5.97 Å². The van der Waals surface area contributed by atoms with Gasteiger partial charge in [0.15, 0.2) is 0 Å². The minimum atomic E-state index is -0.939. The Labute approximate surface area is 88.3 Å². The zero-order valence-corrected chi connectivity index (χ0v) is 8.95. The lowest BCUT2D eigenvalue weighted by Gasteiger charge is -2.00. The van der Waals surface area contributed by atoms with Crippen LogP contribution >= 0.6 is 15.9 Å². The fourth-order valence-electron chi connectivity index (χ4n) is 1.27. The van der Waals surface area contributed by atoms with Crippen LogP contribution in [0.3, 0.4) is 0 Å². The summed E-state index contributed by atoms with van der Waals surface area (Å²) in [7, 11) is 0. The minimum absolute atomic E-state index is 0.249. The highest BCUT2D eigenvalue weighted by atomic mass is 79.9. The van der Waals surface area contributed by atoms with Crippen molar-refractivity contribution < 1.29 is 9.90 Å². The van der Waals surface area contributed by atoms with Crippen molar-refractivity contribution in [3.05, 3.63) is 34.2 Å². The van der Waals surface area contributed by atoms with Crippen LogP contribution in [0.15, 0.2) is 22.9 Å². The van der Waals surface area contributed by atoms with E-state index in [1.165, 1.54) is 0 Å². The van der Waals surface area contributed by atoms with Crippen molar-refractivity contribution in [1.29, 1.82) is 0 Å². The molecule has 0 saturated carbocycles. The second-order valence-corrected chi connectivity index (χ2v) is 3.81. The zero-order chi connectivity index (χ0) is 10.3. The van der Waals surface area contributed by atoms with Crippen LogP contribution in [-0.4, -0.2) is 20.5 Å². The molecule has 0 aromatic carbocycles. The molecule has 0 bridgehead atoms. The molecule has 2 aromatic rings. The number of aryl methyl sites for hydroxylation is 1. The summed E-state index contributed by atoms with van der Waals surface area (Å²) in [5.41, 5.74) is 1.82. The molecular weight excluding hydrogens is 248 g/mol. The van der Waals surface area contributed by atoms with Crippen molar-refractivity contribution in [3.63, 3.8) is 0 Å². The molecule has 0 spiro atoms. The highest BCUT2D eigenvalue weighted by Gasteiger charge is 2.09. The normalized spacial score (nSPS) is 10.7. The SMILES string of the molecule is Cc1c(Br)cnc2cc(C(=O)O)cn12. The van der Waals surface area contributed by atoms with Crippen LogP contribution in [0.4, 0.5) is 0 Å². The van der Waals surface area contributed by atoms with Gasteiger partial charge in [-0.25, -0.2) is 9.78 Å². The van der Waals surface area contributed by atoms with Crippen molar-refractivity contribution in [2.75, 3.05) is 0 Å². The lowest BCUT2D eigenvalue weighted by Crippen LogP contribution is -1.94. The molecule has 0 radical (unpaired) electrons. The lowest BCUT2D eigenvalue weighted by molar-refractivity contribution is 0.0697. The number of rotatable bonds is 1. The Morgan fingerprint density at radius 2 is 2.36 bits per heavy atom. The third-order valence-corrected chi connectivity index (χ3v) is 2.84. The summed E-state index contributed by atoms with van der Waals surface area (Å²) in [6, 6.07) is 1.54. The number of halogens is 1. The fraction of sp³-hybridized carbons (Fsp3) is 0.111. The molecule has 0 saturated heterocycles. The van der Waals surface area contributed by atoms with E-state index in [0.29, 0.717) is 5.65 Å². The molecule has 4 nitrogen and oxygen atoms in total. The summed E-state index contributed by atoms with van der Waals surface area (Å²) >= 11 is 3.33. The van der Waals surface area contributed by atoms with Gasteiger partial charge in [-0.15, -0.1) is 0 Å². The van der Waals surface area contributed by atoms with Gasteiger partial charge in [-0.3, -0.25) is 0 Å². The van der Waals surface area contributed by atoms with Crippen molar-refractivity contribution in [2.24, 2.45) is 0 Å². The van der Waals surface area contributed by atoms with Crippen LogP contribution in [-0.2, 0) is 0 Å². The van der Waals surface area contributed by atoms with Crippen LogP contribution < -0.4 is 0 Å². The summed E-state index contributed by atoms with van der Waals surface area (Å²) in [4.78, 5) is 14.8. The van der Waals surface area contributed by atoms with Gasteiger partial charge in [-0.2, -0.15) is 0 Å². The van der Waals surface area contributed by atoms with Gasteiger partial charge in [0, 0.05) is 18.1 Å². The van der Waals surface area contributed by atoms with Crippen LogP contribution in [0.25, 0.3) is 5.65 Å². The van der Waals surface area contributed by atoms with E-state index in [1.54, 1.807) is 22.9 Å². The number of hydrogen-bond donors (Lipinski definition) is 1. The quantitative estimate of drug-likeness (QED) is 0.848. The van der Waals surface area contributed by atoms with E-state index in [1.807, 2.05) is 6.92 Å². The molecule has 2 heterocycles. The maximum atomic E-state index is 10.7. The van der Waals surface area contributed by atoms with Gasteiger partial charge in [0.2, 0.25) is 0 Å². The van der Waals surface area contributed by atoms with Gasteiger partial charge in [-0.1, -0.05) is 0 Å². The number of aromatic nitrogens is 2. The predicted molar refractivity (Wildman–Crippen MR) is 54.6 cm³/mol. The van der Waals surface area contributed by atoms with Crippen molar-refractivity contribution >= 4 is 27.5 Å². The van der Waals surface area contributed by atoms with Crippen LogP contribution in [0.2, 0.25) is 0 Å². The molecule has 0 unspecified atom stereocenters. The third-order valence-electron chi connectivity index (χ3n) is 2.06. The molecule has 5 heteroatoms. The lowest BCUT2D eigenvalue weighted by atomic mass is 10.3. The van der Waals surface area contributed by atoms with Gasteiger partial charge in [-0.05, 0) is 28.9 Å². The Morgan fingerprint density at radius 3 is 3.00 bits per heavy atom. The number of nitrogens with zero attached hydrogens (tertiary/aromatic N) is 2. The van der Waals surface area contributed by atoms with E-state index in [2.05, 4.69) is 20.9 Å². The standard InChI is InChI=1S/C9H7BrN2O2/c1-5-7(10)3-11-8-2-6(9(13)14)4-12(5)8/h2-4H,1H3,(H,13,14). The number of fused-ring (bicyclic) bond motifs is 1. The molecule has 0 aliphatic rings. The summed E-state index contributed by atoms with van der Waals surface area (Å²) in [6.45, 7) is 1.89.